The summed E-state index contributed by atoms with van der Waals surface area (Å²) in [6.07, 6.45) is 3.04. The van der Waals surface area contributed by atoms with E-state index in [-0.39, 0.29) is 12.2 Å². The lowest BCUT2D eigenvalue weighted by Gasteiger charge is -2.47. The molecule has 4 unspecified atom stereocenters. The molecule has 23 heavy (non-hydrogen) atoms. The van der Waals surface area contributed by atoms with E-state index in [4.69, 9.17) is 23.4 Å². The highest BCUT2D eigenvalue weighted by Gasteiger charge is 2.49. The SMILES string of the molecule is C[Si]1(C)CCC(C(CCOCC2CO2)OCC2CO2)O[Si]1(C)C. The average Bonchev–Trinajstić information content (AvgIpc) is 3.35. The number of hydrogen-bond acceptors (Lipinski definition) is 5. The van der Waals surface area contributed by atoms with Crippen molar-refractivity contribution in [3.05, 3.63) is 0 Å². The molecule has 3 rings (SSSR count). The molecule has 3 aliphatic rings. The van der Waals surface area contributed by atoms with Crippen LogP contribution in [0.1, 0.15) is 12.8 Å². The molecule has 4 atom stereocenters. The molecule has 134 valence electrons. The maximum atomic E-state index is 6.65. The maximum absolute atomic E-state index is 6.65. The third-order valence-corrected chi connectivity index (χ3v) is 22.3. The second-order valence-electron chi connectivity index (χ2n) is 8.24. The van der Waals surface area contributed by atoms with Crippen LogP contribution in [0.4, 0.5) is 0 Å². The summed E-state index contributed by atoms with van der Waals surface area (Å²) >= 11 is 0. The molecule has 3 saturated heterocycles. The van der Waals surface area contributed by atoms with Gasteiger partial charge in [-0.05, 0) is 25.9 Å². The third-order valence-electron chi connectivity index (χ3n) is 5.70. The van der Waals surface area contributed by atoms with Crippen molar-refractivity contribution in [2.24, 2.45) is 0 Å². The fourth-order valence-electron chi connectivity index (χ4n) is 3.01. The van der Waals surface area contributed by atoms with Crippen LogP contribution in [0.3, 0.4) is 0 Å². The Hall–Kier alpha value is 0.234. The first-order valence-corrected chi connectivity index (χ1v) is 16.1. The minimum atomic E-state index is -1.57. The summed E-state index contributed by atoms with van der Waals surface area (Å²) in [4.78, 5) is 0. The molecule has 3 aliphatic heterocycles. The van der Waals surface area contributed by atoms with Crippen molar-refractivity contribution in [1.82, 2.24) is 0 Å². The average molecular weight is 361 g/mol. The van der Waals surface area contributed by atoms with E-state index in [1.807, 2.05) is 0 Å². The van der Waals surface area contributed by atoms with Crippen molar-refractivity contribution in [3.63, 3.8) is 0 Å². The minimum Gasteiger partial charge on any atom is -0.415 e. The Morgan fingerprint density at radius 1 is 1.04 bits per heavy atom. The highest BCUT2D eigenvalue weighted by molar-refractivity contribution is 7.38. The number of ether oxygens (including phenoxy) is 4. The summed E-state index contributed by atoms with van der Waals surface area (Å²) in [5, 5.41) is 0. The van der Waals surface area contributed by atoms with Crippen LogP contribution in [-0.4, -0.2) is 72.9 Å². The number of rotatable bonds is 9. The van der Waals surface area contributed by atoms with Crippen molar-refractivity contribution in [2.45, 2.75) is 69.5 Å². The molecule has 0 amide bonds. The molecular formula is C16H32O5Si2. The fourth-order valence-corrected chi connectivity index (χ4v) is 9.62. The van der Waals surface area contributed by atoms with Crippen molar-refractivity contribution in [2.75, 3.05) is 33.0 Å². The van der Waals surface area contributed by atoms with Gasteiger partial charge in [0.15, 0.2) is 7.83 Å². The first kappa shape index (κ1) is 18.0. The first-order valence-electron chi connectivity index (χ1n) is 8.98. The summed E-state index contributed by atoms with van der Waals surface area (Å²) in [6, 6.07) is 1.35. The van der Waals surface area contributed by atoms with Gasteiger partial charge in [-0.3, -0.25) is 0 Å². The molecule has 3 heterocycles. The lowest BCUT2D eigenvalue weighted by molar-refractivity contribution is -0.0527. The Morgan fingerprint density at radius 2 is 1.70 bits per heavy atom. The van der Waals surface area contributed by atoms with Crippen LogP contribution in [0.5, 0.6) is 0 Å². The Labute approximate surface area is 141 Å². The van der Waals surface area contributed by atoms with Crippen LogP contribution in [0.2, 0.25) is 32.2 Å². The Balaban J connectivity index is 1.50. The monoisotopic (exact) mass is 360 g/mol. The third kappa shape index (κ3) is 5.10. The molecule has 5 nitrogen and oxygen atoms in total. The summed E-state index contributed by atoms with van der Waals surface area (Å²) in [5.41, 5.74) is 0. The second-order valence-corrected chi connectivity index (χ2v) is 23.4. The molecule has 0 aromatic rings. The van der Waals surface area contributed by atoms with Gasteiger partial charge in [-0.2, -0.15) is 0 Å². The Morgan fingerprint density at radius 3 is 2.30 bits per heavy atom. The van der Waals surface area contributed by atoms with Crippen LogP contribution in [0.25, 0.3) is 0 Å². The normalized spacial score (nSPS) is 35.7. The van der Waals surface area contributed by atoms with E-state index < -0.39 is 15.4 Å². The topological polar surface area (TPSA) is 52.8 Å². The zero-order chi connectivity index (χ0) is 16.5. The van der Waals surface area contributed by atoms with Crippen LogP contribution in [0, 0.1) is 0 Å². The predicted octanol–water partition coefficient (Wildman–Crippen LogP) is 2.36. The molecule has 7 heteroatoms. The molecule has 0 aliphatic carbocycles. The summed E-state index contributed by atoms with van der Waals surface area (Å²) in [7, 11) is -2.77. The van der Waals surface area contributed by atoms with Crippen molar-refractivity contribution in [1.29, 1.82) is 0 Å². The standard InChI is InChI=1S/C16H32O5Si2/c1-22(2)8-6-16(21-23(22,3)4)15(20-12-14-11-19-14)5-7-17-9-13-10-18-13/h13-16H,5-12H2,1-4H3. The molecule has 0 N–H and O–H groups in total. The molecule has 0 spiro atoms. The Kier molecular flexibility index (Phi) is 5.67. The molecule has 0 aromatic carbocycles. The molecule has 0 saturated carbocycles. The largest absolute Gasteiger partial charge is 0.415 e. The maximum Gasteiger partial charge on any atom is 0.174 e. The molecule has 0 radical (unpaired) electrons. The van der Waals surface area contributed by atoms with E-state index in [0.717, 1.165) is 32.7 Å². The van der Waals surface area contributed by atoms with E-state index >= 15 is 0 Å². The van der Waals surface area contributed by atoms with Crippen molar-refractivity contribution >= 4 is 15.4 Å². The van der Waals surface area contributed by atoms with E-state index in [2.05, 4.69) is 26.2 Å². The van der Waals surface area contributed by atoms with Crippen molar-refractivity contribution in [3.8, 4) is 0 Å². The Bertz CT molecular complexity index is 396. The van der Waals surface area contributed by atoms with Gasteiger partial charge >= 0.3 is 0 Å². The predicted molar refractivity (Wildman–Crippen MR) is 93.9 cm³/mol. The van der Waals surface area contributed by atoms with Gasteiger partial charge < -0.3 is 23.4 Å². The highest BCUT2D eigenvalue weighted by atomic mass is 29.3. The fraction of sp³-hybridized carbons (Fsp3) is 1.00. The smallest absolute Gasteiger partial charge is 0.174 e. The van der Waals surface area contributed by atoms with Crippen LogP contribution >= 0.6 is 0 Å². The highest BCUT2D eigenvalue weighted by Crippen LogP contribution is 2.35. The lowest BCUT2D eigenvalue weighted by Crippen LogP contribution is -2.63. The molecule has 0 bridgehead atoms. The van der Waals surface area contributed by atoms with E-state index in [1.165, 1.54) is 6.04 Å². The van der Waals surface area contributed by atoms with Gasteiger partial charge in [-0.25, -0.2) is 0 Å². The van der Waals surface area contributed by atoms with Gasteiger partial charge in [0, 0.05) is 6.61 Å². The van der Waals surface area contributed by atoms with Gasteiger partial charge in [-0.15, -0.1) is 0 Å². The lowest BCUT2D eigenvalue weighted by atomic mass is 10.1. The van der Waals surface area contributed by atoms with Crippen LogP contribution in [0.15, 0.2) is 0 Å². The zero-order valence-corrected chi connectivity index (χ0v) is 17.0. The van der Waals surface area contributed by atoms with Crippen LogP contribution in [-0.2, 0) is 23.4 Å². The molecular weight excluding hydrogens is 328 g/mol. The molecule has 3 fully saturated rings. The van der Waals surface area contributed by atoms with Crippen LogP contribution < -0.4 is 0 Å². The second kappa shape index (κ2) is 7.23. The van der Waals surface area contributed by atoms with Gasteiger partial charge in [0.1, 0.15) is 12.2 Å². The molecule has 0 aromatic heterocycles. The van der Waals surface area contributed by atoms with E-state index in [1.54, 1.807) is 0 Å². The van der Waals surface area contributed by atoms with Crippen molar-refractivity contribution < 1.29 is 23.4 Å². The van der Waals surface area contributed by atoms with Gasteiger partial charge in [0.2, 0.25) is 0 Å². The van der Waals surface area contributed by atoms with E-state index in [9.17, 15) is 0 Å². The van der Waals surface area contributed by atoms with Gasteiger partial charge in [0.25, 0.3) is 0 Å². The van der Waals surface area contributed by atoms with Gasteiger partial charge in [-0.1, -0.05) is 19.1 Å². The summed E-state index contributed by atoms with van der Waals surface area (Å²) in [6.45, 7) is 13.6. The minimum absolute atomic E-state index is 0.135. The number of hydrogen-bond donors (Lipinski definition) is 0. The van der Waals surface area contributed by atoms with E-state index in [0.29, 0.717) is 25.4 Å². The quantitative estimate of drug-likeness (QED) is 0.359. The summed E-state index contributed by atoms with van der Waals surface area (Å²) < 4.78 is 29.0. The van der Waals surface area contributed by atoms with Gasteiger partial charge in [0.05, 0.1) is 46.2 Å². The summed E-state index contributed by atoms with van der Waals surface area (Å²) in [5.74, 6) is 0. The number of epoxide rings is 2. The first-order chi connectivity index (χ1) is 10.9. The zero-order valence-electron chi connectivity index (χ0n) is 15.0.